The van der Waals surface area contributed by atoms with Crippen molar-refractivity contribution in [3.8, 4) is 0 Å². The van der Waals surface area contributed by atoms with Crippen molar-refractivity contribution in [3.05, 3.63) is 33.8 Å². The Morgan fingerprint density at radius 2 is 2.07 bits per heavy atom. The molecule has 1 aromatic rings. The molecule has 0 heterocycles. The van der Waals surface area contributed by atoms with Crippen LogP contribution < -0.4 is 0 Å². The number of ether oxygens (including phenoxy) is 1. The maximum atomic E-state index is 11.1. The molecule has 15 heavy (non-hydrogen) atoms. The van der Waals surface area contributed by atoms with Crippen molar-refractivity contribution in [1.29, 1.82) is 0 Å². The summed E-state index contributed by atoms with van der Waals surface area (Å²) in [5.74, 6) is -0.152. The number of methoxy groups -OCH3 is 1. The van der Waals surface area contributed by atoms with Crippen LogP contribution in [-0.4, -0.2) is 13.1 Å². The molecule has 4 heteroatoms. The van der Waals surface area contributed by atoms with Crippen LogP contribution >= 0.6 is 23.2 Å². The summed E-state index contributed by atoms with van der Waals surface area (Å²) in [6, 6.07) is 5.37. The quantitative estimate of drug-likeness (QED) is 0.762. The lowest BCUT2D eigenvalue weighted by atomic mass is 9.98. The average Bonchev–Trinajstić information content (AvgIpc) is 2.21. The Hall–Kier alpha value is -0.730. The first-order chi connectivity index (χ1) is 7.04. The summed E-state index contributed by atoms with van der Waals surface area (Å²) < 4.78 is 4.60. The van der Waals surface area contributed by atoms with E-state index in [9.17, 15) is 4.79 Å². The Morgan fingerprint density at radius 3 is 2.60 bits per heavy atom. The Balaban J connectivity index is 2.78. The highest BCUT2D eigenvalue weighted by atomic mass is 35.5. The van der Waals surface area contributed by atoms with Crippen LogP contribution in [0, 0.1) is 0 Å². The van der Waals surface area contributed by atoms with Crippen LogP contribution in [0.3, 0.4) is 0 Å². The SMILES string of the molecule is COC(=O)C[C@@H](C)c1ccc(Cl)c(Cl)c1. The first-order valence-corrected chi connectivity index (χ1v) is 5.32. The molecule has 0 fully saturated rings. The summed E-state index contributed by atoms with van der Waals surface area (Å²) in [5, 5.41) is 1.02. The van der Waals surface area contributed by atoms with E-state index in [1.54, 1.807) is 12.1 Å². The minimum atomic E-state index is -0.228. The standard InChI is InChI=1S/C11H12Cl2O2/c1-7(5-11(14)15-2)8-3-4-9(12)10(13)6-8/h3-4,6-7H,5H2,1-2H3/t7-/m1/s1. The van der Waals surface area contributed by atoms with Gasteiger partial charge >= 0.3 is 5.97 Å². The summed E-state index contributed by atoms with van der Waals surface area (Å²) in [7, 11) is 1.38. The largest absolute Gasteiger partial charge is 0.469 e. The zero-order chi connectivity index (χ0) is 11.4. The smallest absolute Gasteiger partial charge is 0.306 e. The predicted molar refractivity (Wildman–Crippen MR) is 61.5 cm³/mol. The molecule has 0 aliphatic heterocycles. The van der Waals surface area contributed by atoms with Crippen molar-refractivity contribution >= 4 is 29.2 Å². The van der Waals surface area contributed by atoms with Crippen molar-refractivity contribution in [2.24, 2.45) is 0 Å². The third-order valence-electron chi connectivity index (χ3n) is 2.21. The van der Waals surface area contributed by atoms with E-state index in [1.807, 2.05) is 13.0 Å². The number of carbonyl (C=O) groups is 1. The van der Waals surface area contributed by atoms with Gasteiger partial charge in [0.05, 0.1) is 23.6 Å². The number of benzene rings is 1. The van der Waals surface area contributed by atoms with E-state index in [-0.39, 0.29) is 11.9 Å². The summed E-state index contributed by atoms with van der Waals surface area (Å²) in [4.78, 5) is 11.1. The molecule has 0 amide bonds. The van der Waals surface area contributed by atoms with Gasteiger partial charge in [-0.3, -0.25) is 4.79 Å². The van der Waals surface area contributed by atoms with Gasteiger partial charge in [0.1, 0.15) is 0 Å². The van der Waals surface area contributed by atoms with Crippen LogP contribution in [0.4, 0.5) is 0 Å². The van der Waals surface area contributed by atoms with Crippen molar-refractivity contribution in [2.45, 2.75) is 19.3 Å². The van der Waals surface area contributed by atoms with Crippen molar-refractivity contribution in [1.82, 2.24) is 0 Å². The molecule has 0 aliphatic carbocycles. The lowest BCUT2D eigenvalue weighted by molar-refractivity contribution is -0.140. The summed E-state index contributed by atoms with van der Waals surface area (Å²) in [6.45, 7) is 1.94. The van der Waals surface area contributed by atoms with Gasteiger partial charge in [-0.2, -0.15) is 0 Å². The zero-order valence-corrected chi connectivity index (χ0v) is 10.1. The number of esters is 1. The highest BCUT2D eigenvalue weighted by molar-refractivity contribution is 6.42. The molecule has 0 spiro atoms. The summed E-state index contributed by atoms with van der Waals surface area (Å²) >= 11 is 11.7. The van der Waals surface area contributed by atoms with Gasteiger partial charge in [-0.1, -0.05) is 36.2 Å². The molecule has 0 saturated heterocycles. The van der Waals surface area contributed by atoms with Crippen molar-refractivity contribution in [2.75, 3.05) is 7.11 Å². The molecule has 0 unspecified atom stereocenters. The third kappa shape index (κ3) is 3.40. The van der Waals surface area contributed by atoms with Crippen LogP contribution in [0.2, 0.25) is 10.0 Å². The Morgan fingerprint density at radius 1 is 1.40 bits per heavy atom. The fraction of sp³-hybridized carbons (Fsp3) is 0.364. The highest BCUT2D eigenvalue weighted by Gasteiger charge is 2.12. The molecule has 1 atom stereocenters. The number of hydrogen-bond donors (Lipinski definition) is 0. The van der Waals surface area contributed by atoms with Crippen LogP contribution in [-0.2, 0) is 9.53 Å². The van der Waals surface area contributed by atoms with Gasteiger partial charge < -0.3 is 4.74 Å². The van der Waals surface area contributed by atoms with Gasteiger partial charge in [0.25, 0.3) is 0 Å². The molecule has 0 bridgehead atoms. The Bertz CT molecular complexity index is 364. The highest BCUT2D eigenvalue weighted by Crippen LogP contribution is 2.27. The van der Waals surface area contributed by atoms with E-state index in [1.165, 1.54) is 7.11 Å². The molecular formula is C11H12Cl2O2. The molecule has 0 aromatic heterocycles. The molecule has 1 rings (SSSR count). The lowest BCUT2D eigenvalue weighted by Gasteiger charge is -2.11. The third-order valence-corrected chi connectivity index (χ3v) is 2.95. The van der Waals surface area contributed by atoms with Gasteiger partial charge in [-0.05, 0) is 23.6 Å². The predicted octanol–water partition coefficient (Wildman–Crippen LogP) is 3.66. The van der Waals surface area contributed by atoms with E-state index < -0.39 is 0 Å². The van der Waals surface area contributed by atoms with E-state index >= 15 is 0 Å². The number of rotatable bonds is 3. The summed E-state index contributed by atoms with van der Waals surface area (Å²) in [6.07, 6.45) is 0.342. The van der Waals surface area contributed by atoms with Crippen molar-refractivity contribution in [3.63, 3.8) is 0 Å². The van der Waals surface area contributed by atoms with Crippen LogP contribution in [0.5, 0.6) is 0 Å². The minimum absolute atomic E-state index is 0.0761. The molecule has 0 radical (unpaired) electrons. The Kier molecular flexibility index (Phi) is 4.43. The first kappa shape index (κ1) is 12.3. The second kappa shape index (κ2) is 5.38. The molecule has 0 N–H and O–H groups in total. The second-order valence-electron chi connectivity index (χ2n) is 3.35. The maximum absolute atomic E-state index is 11.1. The molecular weight excluding hydrogens is 235 g/mol. The van der Waals surface area contributed by atoms with E-state index in [0.717, 1.165) is 5.56 Å². The molecule has 1 aromatic carbocycles. The topological polar surface area (TPSA) is 26.3 Å². The fourth-order valence-corrected chi connectivity index (χ4v) is 1.58. The summed E-state index contributed by atoms with van der Waals surface area (Å²) in [5.41, 5.74) is 0.981. The number of hydrogen-bond acceptors (Lipinski definition) is 2. The van der Waals surface area contributed by atoms with E-state index in [4.69, 9.17) is 23.2 Å². The van der Waals surface area contributed by atoms with Gasteiger partial charge in [0.15, 0.2) is 0 Å². The lowest BCUT2D eigenvalue weighted by Crippen LogP contribution is -2.05. The van der Waals surface area contributed by atoms with Crippen LogP contribution in [0.15, 0.2) is 18.2 Å². The molecule has 0 aliphatic rings. The average molecular weight is 247 g/mol. The molecule has 82 valence electrons. The van der Waals surface area contributed by atoms with Gasteiger partial charge in [-0.25, -0.2) is 0 Å². The van der Waals surface area contributed by atoms with Gasteiger partial charge in [0.2, 0.25) is 0 Å². The second-order valence-corrected chi connectivity index (χ2v) is 4.17. The van der Waals surface area contributed by atoms with Crippen molar-refractivity contribution < 1.29 is 9.53 Å². The Labute approximate surface area is 99.1 Å². The van der Waals surface area contributed by atoms with Gasteiger partial charge in [-0.15, -0.1) is 0 Å². The van der Waals surface area contributed by atoms with E-state index in [0.29, 0.717) is 16.5 Å². The number of halogens is 2. The van der Waals surface area contributed by atoms with Crippen LogP contribution in [0.25, 0.3) is 0 Å². The fourth-order valence-electron chi connectivity index (χ4n) is 1.27. The first-order valence-electron chi connectivity index (χ1n) is 4.56. The van der Waals surface area contributed by atoms with Gasteiger partial charge in [0, 0.05) is 0 Å². The molecule has 2 nitrogen and oxygen atoms in total. The zero-order valence-electron chi connectivity index (χ0n) is 8.59. The van der Waals surface area contributed by atoms with E-state index in [2.05, 4.69) is 4.74 Å². The number of carbonyl (C=O) groups excluding carboxylic acids is 1. The van der Waals surface area contributed by atoms with Crippen LogP contribution in [0.1, 0.15) is 24.8 Å². The maximum Gasteiger partial charge on any atom is 0.306 e. The normalized spacial score (nSPS) is 12.3. The molecule has 0 saturated carbocycles. The monoisotopic (exact) mass is 246 g/mol. The minimum Gasteiger partial charge on any atom is -0.469 e.